The second-order valence-electron chi connectivity index (χ2n) is 7.53. The van der Waals surface area contributed by atoms with Crippen molar-refractivity contribution < 1.29 is 18.7 Å². The van der Waals surface area contributed by atoms with E-state index in [2.05, 4.69) is 25.8 Å². The van der Waals surface area contributed by atoms with Crippen molar-refractivity contribution in [2.24, 2.45) is 0 Å². The van der Waals surface area contributed by atoms with Crippen LogP contribution in [0.3, 0.4) is 0 Å². The van der Waals surface area contributed by atoms with Gasteiger partial charge in [0.15, 0.2) is 12.2 Å². The van der Waals surface area contributed by atoms with Gasteiger partial charge < -0.3 is 18.8 Å². The minimum absolute atomic E-state index is 0.217. The Kier molecular flexibility index (Phi) is 5.08. The molecule has 0 saturated carbocycles. The predicted octanol–water partition coefficient (Wildman–Crippen LogP) is 4.76. The number of rotatable bonds is 4. The van der Waals surface area contributed by atoms with Gasteiger partial charge in [0.05, 0.1) is 0 Å². The van der Waals surface area contributed by atoms with E-state index >= 15 is 0 Å². The molecule has 1 aromatic heterocycles. The molecule has 0 saturated heterocycles. The monoisotopic (exact) mass is 368 g/mol. The SMILES string of the molecule is CN(C)C(=O)Oc1ccc(OCc2nc3ccccc3o2)cc1C(C)(C)C. The summed E-state index contributed by atoms with van der Waals surface area (Å²) in [6, 6.07) is 13.0. The number of nitrogens with zero attached hydrogens (tertiary/aromatic N) is 2. The molecule has 0 atom stereocenters. The zero-order valence-electron chi connectivity index (χ0n) is 16.3. The molecule has 0 fully saturated rings. The second kappa shape index (κ2) is 7.31. The molecule has 2 aromatic carbocycles. The van der Waals surface area contributed by atoms with Gasteiger partial charge in [0.1, 0.15) is 17.0 Å². The first-order chi connectivity index (χ1) is 12.7. The Morgan fingerprint density at radius 1 is 1.15 bits per heavy atom. The normalized spacial score (nSPS) is 11.4. The molecule has 3 rings (SSSR count). The summed E-state index contributed by atoms with van der Waals surface area (Å²) in [5.74, 6) is 1.69. The number of amides is 1. The highest BCUT2D eigenvalue weighted by molar-refractivity contribution is 5.72. The summed E-state index contributed by atoms with van der Waals surface area (Å²) in [5, 5.41) is 0. The predicted molar refractivity (Wildman–Crippen MR) is 103 cm³/mol. The fourth-order valence-electron chi connectivity index (χ4n) is 2.59. The van der Waals surface area contributed by atoms with Crippen molar-refractivity contribution in [2.45, 2.75) is 32.8 Å². The summed E-state index contributed by atoms with van der Waals surface area (Å²) in [5.41, 5.74) is 2.20. The van der Waals surface area contributed by atoms with Crippen LogP contribution in [0.5, 0.6) is 11.5 Å². The minimum Gasteiger partial charge on any atom is -0.484 e. The number of para-hydroxylation sites is 2. The average Bonchev–Trinajstić information content (AvgIpc) is 3.02. The van der Waals surface area contributed by atoms with Crippen molar-refractivity contribution in [2.75, 3.05) is 14.1 Å². The standard InChI is InChI=1S/C21H24N2O4/c1-21(2,3)15-12-14(10-11-17(15)27-20(24)23(4)5)25-13-19-22-16-8-6-7-9-18(16)26-19/h6-12H,13H2,1-5H3. The van der Waals surface area contributed by atoms with Crippen molar-refractivity contribution in [3.63, 3.8) is 0 Å². The van der Waals surface area contributed by atoms with Crippen molar-refractivity contribution in [1.82, 2.24) is 9.88 Å². The number of oxazole rings is 1. The number of carbonyl (C=O) groups excluding carboxylic acids is 1. The van der Waals surface area contributed by atoms with Gasteiger partial charge in [0.25, 0.3) is 0 Å². The lowest BCUT2D eigenvalue weighted by molar-refractivity contribution is 0.171. The second-order valence-corrected chi connectivity index (χ2v) is 7.53. The number of hydrogen-bond donors (Lipinski definition) is 0. The number of fused-ring (bicyclic) bond motifs is 1. The largest absolute Gasteiger partial charge is 0.484 e. The lowest BCUT2D eigenvalue weighted by Crippen LogP contribution is -2.26. The Balaban J connectivity index is 1.80. The Labute approximate surface area is 158 Å². The molecule has 0 aliphatic heterocycles. The highest BCUT2D eigenvalue weighted by Crippen LogP contribution is 2.35. The summed E-state index contributed by atoms with van der Waals surface area (Å²) < 4.78 is 17.0. The van der Waals surface area contributed by atoms with Gasteiger partial charge in [-0.25, -0.2) is 9.78 Å². The number of aromatic nitrogens is 1. The molecule has 0 aliphatic rings. The molecule has 0 bridgehead atoms. The van der Waals surface area contributed by atoms with E-state index in [0.717, 1.165) is 16.7 Å². The van der Waals surface area contributed by atoms with E-state index < -0.39 is 6.09 Å². The van der Waals surface area contributed by atoms with E-state index in [-0.39, 0.29) is 12.0 Å². The fraction of sp³-hybridized carbons (Fsp3) is 0.333. The van der Waals surface area contributed by atoms with Crippen LogP contribution in [-0.4, -0.2) is 30.1 Å². The summed E-state index contributed by atoms with van der Waals surface area (Å²) in [4.78, 5) is 17.7. The van der Waals surface area contributed by atoms with E-state index in [1.807, 2.05) is 30.3 Å². The number of benzene rings is 2. The third kappa shape index (κ3) is 4.39. The average molecular weight is 368 g/mol. The minimum atomic E-state index is -0.416. The van der Waals surface area contributed by atoms with Gasteiger partial charge in [0, 0.05) is 19.7 Å². The van der Waals surface area contributed by atoms with Crippen LogP contribution < -0.4 is 9.47 Å². The van der Waals surface area contributed by atoms with Gasteiger partial charge in [0.2, 0.25) is 5.89 Å². The Morgan fingerprint density at radius 2 is 1.89 bits per heavy atom. The molecule has 1 heterocycles. The van der Waals surface area contributed by atoms with Gasteiger partial charge >= 0.3 is 6.09 Å². The maximum absolute atomic E-state index is 11.9. The van der Waals surface area contributed by atoms with E-state index in [0.29, 0.717) is 17.4 Å². The summed E-state index contributed by atoms with van der Waals surface area (Å²) in [6.45, 7) is 6.38. The van der Waals surface area contributed by atoms with Crippen LogP contribution in [0, 0.1) is 0 Å². The molecular weight excluding hydrogens is 344 g/mol. The van der Waals surface area contributed by atoms with Gasteiger partial charge in [-0.1, -0.05) is 32.9 Å². The molecule has 27 heavy (non-hydrogen) atoms. The molecule has 0 unspecified atom stereocenters. The maximum Gasteiger partial charge on any atom is 0.414 e. The van der Waals surface area contributed by atoms with Crippen LogP contribution in [0.1, 0.15) is 32.2 Å². The molecule has 142 valence electrons. The fourth-order valence-corrected chi connectivity index (χ4v) is 2.59. The molecule has 0 aliphatic carbocycles. The van der Waals surface area contributed by atoms with Crippen LogP contribution in [0.25, 0.3) is 11.1 Å². The lowest BCUT2D eigenvalue weighted by atomic mass is 9.86. The molecule has 0 N–H and O–H groups in total. The van der Waals surface area contributed by atoms with Gasteiger partial charge in [-0.2, -0.15) is 0 Å². The topological polar surface area (TPSA) is 64.8 Å². The first kappa shape index (κ1) is 18.8. The quantitative estimate of drug-likeness (QED) is 0.664. The zero-order chi connectivity index (χ0) is 19.6. The van der Waals surface area contributed by atoms with E-state index in [1.54, 1.807) is 26.2 Å². The number of hydrogen-bond acceptors (Lipinski definition) is 5. The van der Waals surface area contributed by atoms with Crippen LogP contribution in [0.4, 0.5) is 4.79 Å². The molecular formula is C21H24N2O4. The van der Waals surface area contributed by atoms with E-state index in [4.69, 9.17) is 13.9 Å². The molecule has 6 nitrogen and oxygen atoms in total. The number of carbonyl (C=O) groups is 1. The summed E-state index contributed by atoms with van der Waals surface area (Å²) in [7, 11) is 3.30. The zero-order valence-corrected chi connectivity index (χ0v) is 16.3. The van der Waals surface area contributed by atoms with Gasteiger partial charge in [-0.3, -0.25) is 0 Å². The first-order valence-corrected chi connectivity index (χ1v) is 8.75. The third-order valence-corrected chi connectivity index (χ3v) is 4.02. The van der Waals surface area contributed by atoms with Crippen LogP contribution in [0.2, 0.25) is 0 Å². The van der Waals surface area contributed by atoms with Crippen molar-refractivity contribution >= 4 is 17.2 Å². The van der Waals surface area contributed by atoms with E-state index in [1.165, 1.54) is 4.90 Å². The van der Waals surface area contributed by atoms with Crippen LogP contribution in [0.15, 0.2) is 46.9 Å². The van der Waals surface area contributed by atoms with Crippen LogP contribution >= 0.6 is 0 Å². The van der Waals surface area contributed by atoms with Gasteiger partial charge in [-0.15, -0.1) is 0 Å². The third-order valence-electron chi connectivity index (χ3n) is 4.02. The van der Waals surface area contributed by atoms with Crippen molar-refractivity contribution in [3.05, 3.63) is 53.9 Å². The highest BCUT2D eigenvalue weighted by Gasteiger charge is 2.22. The van der Waals surface area contributed by atoms with E-state index in [9.17, 15) is 4.79 Å². The molecule has 3 aromatic rings. The first-order valence-electron chi connectivity index (χ1n) is 8.75. The molecule has 1 amide bonds. The van der Waals surface area contributed by atoms with Crippen molar-refractivity contribution in [3.8, 4) is 11.5 Å². The maximum atomic E-state index is 11.9. The van der Waals surface area contributed by atoms with Crippen molar-refractivity contribution in [1.29, 1.82) is 0 Å². The smallest absolute Gasteiger partial charge is 0.414 e. The summed E-state index contributed by atoms with van der Waals surface area (Å²) >= 11 is 0. The van der Waals surface area contributed by atoms with Crippen LogP contribution in [-0.2, 0) is 12.0 Å². The molecule has 0 radical (unpaired) electrons. The Hall–Kier alpha value is -3.02. The molecule has 6 heteroatoms. The highest BCUT2D eigenvalue weighted by atomic mass is 16.6. The Morgan fingerprint density at radius 3 is 2.56 bits per heavy atom. The van der Waals surface area contributed by atoms with Gasteiger partial charge in [-0.05, 0) is 35.7 Å². The number of ether oxygens (including phenoxy) is 2. The lowest BCUT2D eigenvalue weighted by Gasteiger charge is -2.23. The Bertz CT molecular complexity index is 921. The molecule has 0 spiro atoms. The summed E-state index contributed by atoms with van der Waals surface area (Å²) in [6.07, 6.45) is -0.416.